The summed E-state index contributed by atoms with van der Waals surface area (Å²) in [5.74, 6) is 4.60. The highest BCUT2D eigenvalue weighted by molar-refractivity contribution is 6.07. The van der Waals surface area contributed by atoms with Gasteiger partial charge in [0.15, 0.2) is 23.1 Å². The summed E-state index contributed by atoms with van der Waals surface area (Å²) < 4.78 is 6.13. The van der Waals surface area contributed by atoms with E-state index in [0.717, 1.165) is 61.9 Å². The molecule has 5 aromatic carbocycles. The van der Waals surface area contributed by atoms with Crippen LogP contribution in [0.3, 0.4) is 0 Å². The molecule has 0 unspecified atom stereocenters. The number of benzene rings is 5. The fourth-order valence-corrected chi connectivity index (χ4v) is 9.69. The molecular formula is C44H34N4O. The van der Waals surface area contributed by atoms with Crippen LogP contribution in [0.25, 0.3) is 67.2 Å². The lowest BCUT2D eigenvalue weighted by molar-refractivity contribution is -0.00518. The highest BCUT2D eigenvalue weighted by Gasteiger charge is 2.51. The third kappa shape index (κ3) is 4.77. The normalized spacial score (nSPS) is 22.5. The molecule has 4 bridgehead atoms. The summed E-state index contributed by atoms with van der Waals surface area (Å²) in [6.07, 6.45) is 8.36. The molecule has 0 spiro atoms. The molecule has 0 saturated heterocycles. The number of hydrogen-bond donors (Lipinski definition) is 0. The molecule has 0 radical (unpaired) electrons. The summed E-state index contributed by atoms with van der Waals surface area (Å²) in [5.41, 5.74) is 8.74. The summed E-state index contributed by atoms with van der Waals surface area (Å²) in [7, 11) is 0. The van der Waals surface area contributed by atoms with Crippen LogP contribution in [0.5, 0.6) is 0 Å². The lowest BCUT2D eigenvalue weighted by atomic mass is 9.48. The van der Waals surface area contributed by atoms with E-state index >= 15 is 0 Å². The van der Waals surface area contributed by atoms with Gasteiger partial charge in [0.05, 0.1) is 5.56 Å². The number of fused-ring (bicyclic) bond motifs is 3. The third-order valence-electron chi connectivity index (χ3n) is 11.5. The van der Waals surface area contributed by atoms with Gasteiger partial charge in [0.25, 0.3) is 0 Å². The molecule has 5 heteroatoms. The van der Waals surface area contributed by atoms with E-state index in [0.29, 0.717) is 34.0 Å². The van der Waals surface area contributed by atoms with E-state index < -0.39 is 0 Å². The standard InChI is InChI=1S/C44H34N4O/c45-26-35-10-5-11-37-38-22-34(14-17-39(38)49-40(35)37)43-47-41(46-42(48-43)33-9-4-8-32(21-33)30-6-2-1-3-7-30)31-12-15-36(16-13-31)44-23-27-18-28(24-44)20-29(19-27)25-44/h1-17,21-22,27-29H,18-20,23-25H2. The Morgan fingerprint density at radius 3 is 1.84 bits per heavy atom. The molecule has 11 rings (SSSR count). The van der Waals surface area contributed by atoms with E-state index in [9.17, 15) is 5.26 Å². The minimum atomic E-state index is 0.342. The smallest absolute Gasteiger partial charge is 0.164 e. The Hall–Kier alpha value is -5.60. The molecule has 2 heterocycles. The molecule has 49 heavy (non-hydrogen) atoms. The third-order valence-corrected chi connectivity index (χ3v) is 11.5. The number of para-hydroxylation sites is 1. The molecule has 4 aliphatic rings. The fourth-order valence-electron chi connectivity index (χ4n) is 9.69. The molecule has 0 N–H and O–H groups in total. The number of nitriles is 1. The second-order valence-electron chi connectivity index (χ2n) is 14.6. The van der Waals surface area contributed by atoms with Crippen molar-refractivity contribution in [2.45, 2.75) is 43.9 Å². The molecule has 0 amide bonds. The van der Waals surface area contributed by atoms with E-state index in [1.54, 1.807) is 6.07 Å². The van der Waals surface area contributed by atoms with Crippen LogP contribution in [0.2, 0.25) is 0 Å². The van der Waals surface area contributed by atoms with Crippen molar-refractivity contribution in [3.63, 3.8) is 0 Å². The molecule has 4 saturated carbocycles. The van der Waals surface area contributed by atoms with Gasteiger partial charge in [-0.3, -0.25) is 0 Å². The van der Waals surface area contributed by atoms with E-state index in [4.69, 9.17) is 19.4 Å². The monoisotopic (exact) mass is 634 g/mol. The first kappa shape index (κ1) is 28.4. The van der Waals surface area contributed by atoms with Crippen LogP contribution in [0.4, 0.5) is 0 Å². The molecule has 0 aliphatic heterocycles. The van der Waals surface area contributed by atoms with Crippen LogP contribution in [0, 0.1) is 29.1 Å². The van der Waals surface area contributed by atoms with Gasteiger partial charge in [-0.1, -0.05) is 84.9 Å². The average molecular weight is 635 g/mol. The highest BCUT2D eigenvalue weighted by Crippen LogP contribution is 2.60. The maximum atomic E-state index is 9.67. The van der Waals surface area contributed by atoms with Gasteiger partial charge in [-0.25, -0.2) is 15.0 Å². The first-order chi connectivity index (χ1) is 24.1. The molecule has 236 valence electrons. The van der Waals surface area contributed by atoms with Crippen molar-refractivity contribution in [3.8, 4) is 51.4 Å². The fraction of sp³-hybridized carbons (Fsp3) is 0.227. The summed E-state index contributed by atoms with van der Waals surface area (Å²) in [5, 5.41) is 11.5. The van der Waals surface area contributed by atoms with Gasteiger partial charge in [-0.15, -0.1) is 0 Å². The van der Waals surface area contributed by atoms with E-state index in [1.165, 1.54) is 44.1 Å². The van der Waals surface area contributed by atoms with Crippen LogP contribution in [0.15, 0.2) is 120 Å². The summed E-state index contributed by atoms with van der Waals surface area (Å²) in [4.78, 5) is 15.3. The van der Waals surface area contributed by atoms with Gasteiger partial charge < -0.3 is 4.42 Å². The SMILES string of the molecule is N#Cc1cccc2c1oc1ccc(-c3nc(-c4ccc(C56CC7CC(CC(C7)C5)C6)cc4)nc(-c4cccc(-c5ccccc5)c4)n3)cc12. The highest BCUT2D eigenvalue weighted by atomic mass is 16.3. The van der Waals surface area contributed by atoms with Crippen molar-refractivity contribution in [3.05, 3.63) is 126 Å². The Balaban J connectivity index is 1.10. The van der Waals surface area contributed by atoms with Crippen molar-refractivity contribution >= 4 is 21.9 Å². The topological polar surface area (TPSA) is 75.6 Å². The van der Waals surface area contributed by atoms with Crippen molar-refractivity contribution in [2.24, 2.45) is 17.8 Å². The second-order valence-corrected chi connectivity index (χ2v) is 14.6. The van der Waals surface area contributed by atoms with Gasteiger partial charge in [0.1, 0.15) is 11.7 Å². The number of nitrogens with zero attached hydrogens (tertiary/aromatic N) is 4. The van der Waals surface area contributed by atoms with E-state index in [1.807, 2.05) is 30.3 Å². The average Bonchev–Trinajstić information content (AvgIpc) is 3.53. The molecule has 0 atom stereocenters. The van der Waals surface area contributed by atoms with Gasteiger partial charge in [-0.05, 0) is 109 Å². The molecule has 4 aliphatic carbocycles. The van der Waals surface area contributed by atoms with Crippen LogP contribution >= 0.6 is 0 Å². The molecule has 2 aromatic heterocycles. The summed E-state index contributed by atoms with van der Waals surface area (Å²) >= 11 is 0. The lowest BCUT2D eigenvalue weighted by Crippen LogP contribution is -2.48. The number of hydrogen-bond acceptors (Lipinski definition) is 5. The maximum absolute atomic E-state index is 9.67. The Morgan fingerprint density at radius 2 is 1.14 bits per heavy atom. The predicted molar refractivity (Wildman–Crippen MR) is 193 cm³/mol. The number of aromatic nitrogens is 3. The van der Waals surface area contributed by atoms with Crippen LogP contribution < -0.4 is 0 Å². The quantitative estimate of drug-likeness (QED) is 0.188. The zero-order valence-electron chi connectivity index (χ0n) is 27.1. The maximum Gasteiger partial charge on any atom is 0.164 e. The lowest BCUT2D eigenvalue weighted by Gasteiger charge is -2.57. The first-order valence-corrected chi connectivity index (χ1v) is 17.5. The largest absolute Gasteiger partial charge is 0.455 e. The predicted octanol–water partition coefficient (Wildman–Crippen LogP) is 10.8. The summed E-state index contributed by atoms with van der Waals surface area (Å²) in [6, 6.07) is 41.9. The minimum Gasteiger partial charge on any atom is -0.455 e. The van der Waals surface area contributed by atoms with Gasteiger partial charge in [0.2, 0.25) is 0 Å². The van der Waals surface area contributed by atoms with E-state index in [-0.39, 0.29) is 0 Å². The molecule has 7 aromatic rings. The molecule has 4 fully saturated rings. The zero-order valence-corrected chi connectivity index (χ0v) is 27.1. The molecule has 5 nitrogen and oxygen atoms in total. The van der Waals surface area contributed by atoms with Gasteiger partial charge in [0, 0.05) is 27.5 Å². The Bertz CT molecular complexity index is 2400. The van der Waals surface area contributed by atoms with Gasteiger partial charge in [-0.2, -0.15) is 5.26 Å². The Labute approximate surface area is 285 Å². The summed E-state index contributed by atoms with van der Waals surface area (Å²) in [6.45, 7) is 0. The van der Waals surface area contributed by atoms with Crippen molar-refractivity contribution in [1.82, 2.24) is 15.0 Å². The van der Waals surface area contributed by atoms with Gasteiger partial charge >= 0.3 is 0 Å². The van der Waals surface area contributed by atoms with Crippen LogP contribution in [-0.4, -0.2) is 15.0 Å². The number of furan rings is 1. The van der Waals surface area contributed by atoms with Crippen molar-refractivity contribution in [1.29, 1.82) is 5.26 Å². The minimum absolute atomic E-state index is 0.342. The number of rotatable bonds is 5. The Morgan fingerprint density at radius 1 is 0.551 bits per heavy atom. The van der Waals surface area contributed by atoms with Crippen LogP contribution in [0.1, 0.15) is 49.7 Å². The van der Waals surface area contributed by atoms with Crippen LogP contribution in [-0.2, 0) is 5.41 Å². The zero-order chi connectivity index (χ0) is 32.5. The van der Waals surface area contributed by atoms with Crippen molar-refractivity contribution < 1.29 is 4.42 Å². The van der Waals surface area contributed by atoms with E-state index in [2.05, 4.69) is 84.9 Å². The first-order valence-electron chi connectivity index (χ1n) is 17.5. The van der Waals surface area contributed by atoms with Crippen molar-refractivity contribution in [2.75, 3.05) is 0 Å². The second kappa shape index (κ2) is 11.0. The Kier molecular flexibility index (Phi) is 6.36. The molecular weight excluding hydrogens is 601 g/mol.